The molecule has 1 heterocycles. The molecule has 1 aliphatic heterocycles. The summed E-state index contributed by atoms with van der Waals surface area (Å²) in [5, 5.41) is 0. The molecule has 0 bridgehead atoms. The third kappa shape index (κ3) is 5.61. The van der Waals surface area contributed by atoms with Crippen molar-refractivity contribution in [1.82, 2.24) is 4.90 Å². The second-order valence-electron chi connectivity index (χ2n) is 9.51. The van der Waals surface area contributed by atoms with E-state index in [0.29, 0.717) is 24.3 Å². The molecule has 186 valence electrons. The van der Waals surface area contributed by atoms with E-state index in [2.05, 4.69) is 12.1 Å². The Kier molecular flexibility index (Phi) is 7.13. The number of halogens is 1. The van der Waals surface area contributed by atoms with Crippen molar-refractivity contribution in [2.75, 3.05) is 11.4 Å². The molecule has 0 spiro atoms. The van der Waals surface area contributed by atoms with Crippen LogP contribution in [-0.2, 0) is 30.7 Å². The van der Waals surface area contributed by atoms with Crippen molar-refractivity contribution < 1.29 is 14.0 Å². The first-order chi connectivity index (χ1) is 18.0. The van der Waals surface area contributed by atoms with Gasteiger partial charge in [-0.1, -0.05) is 66.7 Å². The van der Waals surface area contributed by atoms with E-state index >= 15 is 0 Å². The summed E-state index contributed by atoms with van der Waals surface area (Å²) in [4.78, 5) is 30.5. The highest BCUT2D eigenvalue weighted by Crippen LogP contribution is 2.25. The number of carbonyl (C=O) groups is 2. The summed E-state index contributed by atoms with van der Waals surface area (Å²) >= 11 is 0. The lowest BCUT2D eigenvalue weighted by Gasteiger charge is -2.29. The number of hydrogen-bond donors (Lipinski definition) is 0. The van der Waals surface area contributed by atoms with Crippen molar-refractivity contribution in [3.8, 4) is 0 Å². The molecule has 0 aliphatic carbocycles. The Morgan fingerprint density at radius 3 is 2.35 bits per heavy atom. The molecule has 2 amide bonds. The van der Waals surface area contributed by atoms with Crippen molar-refractivity contribution in [3.05, 3.63) is 136 Å². The van der Waals surface area contributed by atoms with Crippen molar-refractivity contribution in [2.45, 2.75) is 32.9 Å². The Morgan fingerprint density at radius 2 is 1.57 bits per heavy atom. The van der Waals surface area contributed by atoms with E-state index in [9.17, 15) is 14.0 Å². The van der Waals surface area contributed by atoms with Crippen LogP contribution in [0.3, 0.4) is 0 Å². The van der Waals surface area contributed by atoms with Crippen molar-refractivity contribution in [3.63, 3.8) is 0 Å². The Balaban J connectivity index is 1.40. The van der Waals surface area contributed by atoms with Crippen LogP contribution in [0, 0.1) is 12.7 Å². The Hall–Kier alpha value is -4.25. The molecular weight excluding hydrogens is 463 g/mol. The van der Waals surface area contributed by atoms with Gasteiger partial charge >= 0.3 is 0 Å². The lowest BCUT2D eigenvalue weighted by molar-refractivity contribution is -0.131. The topological polar surface area (TPSA) is 40.6 Å². The highest BCUT2D eigenvalue weighted by molar-refractivity contribution is 6.07. The Bertz CT molecular complexity index is 1430. The van der Waals surface area contributed by atoms with E-state index in [4.69, 9.17) is 0 Å². The van der Waals surface area contributed by atoms with Gasteiger partial charge < -0.3 is 9.80 Å². The van der Waals surface area contributed by atoms with E-state index in [1.807, 2.05) is 72.5 Å². The molecule has 0 aromatic heterocycles. The van der Waals surface area contributed by atoms with Crippen LogP contribution < -0.4 is 4.90 Å². The summed E-state index contributed by atoms with van der Waals surface area (Å²) in [5.74, 6) is -0.387. The fourth-order valence-electron chi connectivity index (χ4n) is 4.84. The highest BCUT2D eigenvalue weighted by atomic mass is 19.1. The van der Waals surface area contributed by atoms with E-state index in [0.717, 1.165) is 23.1 Å². The van der Waals surface area contributed by atoms with Crippen molar-refractivity contribution in [2.24, 2.45) is 0 Å². The molecule has 4 aromatic rings. The minimum absolute atomic E-state index is 0.0713. The molecule has 5 heteroatoms. The molecule has 1 aliphatic rings. The first-order valence-electron chi connectivity index (χ1n) is 12.5. The fourth-order valence-corrected chi connectivity index (χ4v) is 4.84. The summed E-state index contributed by atoms with van der Waals surface area (Å²) in [7, 11) is 0. The summed E-state index contributed by atoms with van der Waals surface area (Å²) in [6, 6.07) is 29.5. The smallest absolute Gasteiger partial charge is 0.258 e. The number of aryl methyl sites for hydroxylation is 1. The third-order valence-electron chi connectivity index (χ3n) is 6.94. The molecule has 0 fully saturated rings. The zero-order chi connectivity index (χ0) is 25.8. The molecule has 37 heavy (non-hydrogen) atoms. The number of anilines is 1. The van der Waals surface area contributed by atoms with Gasteiger partial charge in [-0.15, -0.1) is 0 Å². The third-order valence-corrected chi connectivity index (χ3v) is 6.94. The lowest BCUT2D eigenvalue weighted by Crippen LogP contribution is -2.37. The van der Waals surface area contributed by atoms with Gasteiger partial charge in [-0.25, -0.2) is 4.39 Å². The maximum Gasteiger partial charge on any atom is 0.258 e. The normalized spacial score (nSPS) is 12.6. The monoisotopic (exact) mass is 492 g/mol. The maximum atomic E-state index is 13.7. The molecule has 0 saturated heterocycles. The molecular formula is C32H29FN2O2. The molecule has 0 N–H and O–H groups in total. The van der Waals surface area contributed by atoms with Crippen LogP contribution in [-0.4, -0.2) is 23.3 Å². The molecule has 4 nitrogen and oxygen atoms in total. The summed E-state index contributed by atoms with van der Waals surface area (Å²) in [5.41, 5.74) is 6.36. The zero-order valence-electron chi connectivity index (χ0n) is 20.9. The second kappa shape index (κ2) is 10.8. The summed E-state index contributed by atoms with van der Waals surface area (Å²) in [6.07, 6.45) is 1.12. The van der Waals surface area contributed by atoms with Gasteiger partial charge in [0.05, 0.1) is 13.0 Å². The molecule has 0 atom stereocenters. The summed E-state index contributed by atoms with van der Waals surface area (Å²) in [6.45, 7) is 3.53. The van der Waals surface area contributed by atoms with E-state index in [-0.39, 0.29) is 30.6 Å². The molecule has 5 rings (SSSR count). The SMILES string of the molecule is Cc1ccccc1C(=O)N(Cc1ccc(F)cc1)c1cccc(CC(=O)N2CCc3ccccc3C2)c1. The predicted molar refractivity (Wildman–Crippen MR) is 144 cm³/mol. The number of rotatable bonds is 6. The number of carbonyl (C=O) groups excluding carboxylic acids is 2. The van der Waals surface area contributed by atoms with Crippen LogP contribution in [0.5, 0.6) is 0 Å². The van der Waals surface area contributed by atoms with Crippen LogP contribution in [0.15, 0.2) is 97.1 Å². The minimum Gasteiger partial charge on any atom is -0.338 e. The highest BCUT2D eigenvalue weighted by Gasteiger charge is 2.23. The average Bonchev–Trinajstić information content (AvgIpc) is 2.92. The quantitative estimate of drug-likeness (QED) is 0.326. The standard InChI is InChI=1S/C32H29FN2O2/c1-23-7-2-5-12-30(23)32(37)35(21-24-13-15-28(33)16-14-24)29-11-6-8-25(19-29)20-31(36)34-18-17-26-9-3-4-10-27(26)22-34/h2-16,19H,17-18,20-22H2,1H3. The maximum absolute atomic E-state index is 13.7. The lowest BCUT2D eigenvalue weighted by atomic mass is 9.99. The first-order valence-corrected chi connectivity index (χ1v) is 12.5. The fraction of sp³-hybridized carbons (Fsp3) is 0.188. The zero-order valence-corrected chi connectivity index (χ0v) is 20.9. The number of fused-ring (bicyclic) bond motifs is 1. The average molecular weight is 493 g/mol. The number of benzene rings is 4. The van der Waals surface area contributed by atoms with Crippen LogP contribution in [0.2, 0.25) is 0 Å². The summed E-state index contributed by atoms with van der Waals surface area (Å²) < 4.78 is 13.5. The first kappa shape index (κ1) is 24.4. The van der Waals surface area contributed by atoms with Gasteiger partial charge in [-0.3, -0.25) is 9.59 Å². The van der Waals surface area contributed by atoms with Crippen LogP contribution >= 0.6 is 0 Å². The molecule has 0 radical (unpaired) electrons. The molecule has 0 saturated carbocycles. The van der Waals surface area contributed by atoms with E-state index < -0.39 is 0 Å². The van der Waals surface area contributed by atoms with Gasteiger partial charge in [0.1, 0.15) is 5.82 Å². The van der Waals surface area contributed by atoms with Gasteiger partial charge in [0.2, 0.25) is 5.91 Å². The predicted octanol–water partition coefficient (Wildman–Crippen LogP) is 6.11. The minimum atomic E-state index is -0.318. The molecule has 0 unspecified atom stereocenters. The van der Waals surface area contributed by atoms with E-state index in [1.165, 1.54) is 23.3 Å². The Morgan fingerprint density at radius 1 is 0.838 bits per heavy atom. The molecule has 4 aromatic carbocycles. The Labute approximate surface area is 217 Å². The van der Waals surface area contributed by atoms with Crippen LogP contribution in [0.4, 0.5) is 10.1 Å². The number of amides is 2. The largest absolute Gasteiger partial charge is 0.338 e. The number of hydrogen-bond acceptors (Lipinski definition) is 2. The van der Waals surface area contributed by atoms with Crippen LogP contribution in [0.25, 0.3) is 0 Å². The van der Waals surface area contributed by atoms with Gasteiger partial charge in [-0.2, -0.15) is 0 Å². The van der Waals surface area contributed by atoms with Crippen molar-refractivity contribution >= 4 is 17.5 Å². The van der Waals surface area contributed by atoms with Crippen molar-refractivity contribution in [1.29, 1.82) is 0 Å². The van der Waals surface area contributed by atoms with Gasteiger partial charge in [0.15, 0.2) is 0 Å². The second-order valence-corrected chi connectivity index (χ2v) is 9.51. The van der Waals surface area contributed by atoms with Gasteiger partial charge in [0, 0.05) is 24.3 Å². The number of nitrogens with zero attached hydrogens (tertiary/aromatic N) is 2. The van der Waals surface area contributed by atoms with Gasteiger partial charge in [0.25, 0.3) is 5.91 Å². The van der Waals surface area contributed by atoms with E-state index in [1.54, 1.807) is 17.0 Å². The van der Waals surface area contributed by atoms with Crippen LogP contribution in [0.1, 0.15) is 38.2 Å². The van der Waals surface area contributed by atoms with Gasteiger partial charge in [-0.05, 0) is 71.5 Å².